The highest BCUT2D eigenvalue weighted by Gasteiger charge is 2.38. The first-order valence-electron chi connectivity index (χ1n) is 2.24. The van der Waals surface area contributed by atoms with E-state index in [4.69, 9.17) is 0 Å². The average Bonchev–Trinajstić information content (AvgIpc) is 2.21. The molecule has 42 valence electrons. The summed E-state index contributed by atoms with van der Waals surface area (Å²) < 4.78 is 19.8. The minimum atomic E-state index is -1.82. The van der Waals surface area contributed by atoms with Crippen LogP contribution in [0.2, 0.25) is 0 Å². The second-order valence-electron chi connectivity index (χ2n) is 2.18. The lowest BCUT2D eigenvalue weighted by molar-refractivity contribution is 0.523. The molecule has 7 heavy (non-hydrogen) atoms. The molecule has 1 aliphatic rings. The number of hydrogen-bond donors (Lipinski definition) is 0. The van der Waals surface area contributed by atoms with Crippen molar-refractivity contribution in [3.05, 3.63) is 0 Å². The van der Waals surface area contributed by atoms with Crippen molar-refractivity contribution in [2.75, 3.05) is 0 Å². The van der Waals surface area contributed by atoms with E-state index in [1.54, 1.807) is 6.92 Å². The fourth-order valence-electron chi connectivity index (χ4n) is 0.343. The summed E-state index contributed by atoms with van der Waals surface area (Å²) in [6.07, 6.45) is 1.70. The van der Waals surface area contributed by atoms with Crippen molar-refractivity contribution in [3.8, 4) is 0 Å². The smallest absolute Gasteiger partial charge is 0.0300 e. The Kier molecular flexibility index (Phi) is 0.970. The van der Waals surface area contributed by atoms with Crippen LogP contribution in [0.5, 0.6) is 0 Å². The summed E-state index contributed by atoms with van der Waals surface area (Å²) in [4.78, 5) is 0. The van der Waals surface area contributed by atoms with Crippen molar-refractivity contribution in [2.24, 2.45) is 0 Å². The molecule has 1 fully saturated rings. The normalized spacial score (nSPS) is 29.4. The van der Waals surface area contributed by atoms with E-state index in [1.807, 2.05) is 0 Å². The second kappa shape index (κ2) is 1.29. The molecule has 0 heterocycles. The van der Waals surface area contributed by atoms with Crippen molar-refractivity contribution in [1.29, 1.82) is 0 Å². The molecular weight excluding hydrogens is 112 g/mol. The Hall–Kier alpha value is 0.110. The first kappa shape index (κ1) is 5.25. The highest BCUT2D eigenvalue weighted by atomic mass is 32.2. The van der Waals surface area contributed by atoms with Crippen LogP contribution in [0.3, 0.4) is 0 Å². The molecule has 0 N–H and O–H groups in total. The summed E-state index contributed by atoms with van der Waals surface area (Å²) >= 11 is -1.82. The zero-order chi connectivity index (χ0) is 5.49. The van der Waals surface area contributed by atoms with E-state index in [-0.39, 0.29) is 4.75 Å². The van der Waals surface area contributed by atoms with Crippen molar-refractivity contribution in [1.82, 2.24) is 0 Å². The molecule has 0 amide bonds. The van der Waals surface area contributed by atoms with Gasteiger partial charge in [-0.25, -0.2) is 0 Å². The molecule has 1 aliphatic carbocycles. The SMILES string of the molecule is CC1(S(=O)[O-])CC1. The molecule has 1 atom stereocenters. The highest BCUT2D eigenvalue weighted by Crippen LogP contribution is 2.39. The summed E-state index contributed by atoms with van der Waals surface area (Å²) in [6, 6.07) is 0. The zero-order valence-corrected chi connectivity index (χ0v) is 4.96. The lowest BCUT2D eigenvalue weighted by atomic mass is 10.5. The summed E-state index contributed by atoms with van der Waals surface area (Å²) in [5.74, 6) is 0. The van der Waals surface area contributed by atoms with Crippen LogP contribution in [0.15, 0.2) is 0 Å². The van der Waals surface area contributed by atoms with Gasteiger partial charge in [0.25, 0.3) is 0 Å². The van der Waals surface area contributed by atoms with Gasteiger partial charge in [0.15, 0.2) is 0 Å². The Morgan fingerprint density at radius 3 is 2.14 bits per heavy atom. The van der Waals surface area contributed by atoms with E-state index < -0.39 is 11.1 Å². The second-order valence-corrected chi connectivity index (χ2v) is 3.64. The number of rotatable bonds is 1. The van der Waals surface area contributed by atoms with Crippen LogP contribution in [0.1, 0.15) is 19.8 Å². The van der Waals surface area contributed by atoms with E-state index in [0.717, 1.165) is 12.8 Å². The van der Waals surface area contributed by atoms with Crippen LogP contribution < -0.4 is 0 Å². The standard InChI is InChI=1S/C4H8O2S/c1-4(2-3-4)7(5)6/h2-3H2,1H3,(H,5,6)/p-1. The van der Waals surface area contributed by atoms with Gasteiger partial charge >= 0.3 is 0 Å². The zero-order valence-electron chi connectivity index (χ0n) is 4.14. The molecule has 1 saturated carbocycles. The fourth-order valence-corrected chi connectivity index (χ4v) is 0.778. The molecule has 1 rings (SSSR count). The predicted molar refractivity (Wildman–Crippen MR) is 26.6 cm³/mol. The molecule has 0 aromatic heterocycles. The Morgan fingerprint density at radius 1 is 1.71 bits per heavy atom. The number of hydrogen-bond acceptors (Lipinski definition) is 2. The Morgan fingerprint density at radius 2 is 2.14 bits per heavy atom. The molecule has 0 aromatic carbocycles. The van der Waals surface area contributed by atoms with Gasteiger partial charge in [0.05, 0.1) is 0 Å². The fraction of sp³-hybridized carbons (Fsp3) is 1.00. The molecule has 0 spiro atoms. The van der Waals surface area contributed by atoms with Gasteiger partial charge in [-0.1, -0.05) is 0 Å². The minimum absolute atomic E-state index is 0.333. The molecule has 2 nitrogen and oxygen atoms in total. The van der Waals surface area contributed by atoms with Gasteiger partial charge in [0.1, 0.15) is 0 Å². The lowest BCUT2D eigenvalue weighted by Gasteiger charge is -2.09. The Balaban J connectivity index is 2.55. The third kappa shape index (κ3) is 0.836. The van der Waals surface area contributed by atoms with Crippen molar-refractivity contribution >= 4 is 11.1 Å². The van der Waals surface area contributed by atoms with Crippen LogP contribution >= 0.6 is 0 Å². The summed E-state index contributed by atoms with van der Waals surface area (Å²) in [6.45, 7) is 1.76. The van der Waals surface area contributed by atoms with E-state index in [9.17, 15) is 8.76 Å². The molecule has 0 saturated heterocycles. The molecule has 1 unspecified atom stereocenters. The van der Waals surface area contributed by atoms with Crippen LogP contribution in [-0.2, 0) is 11.1 Å². The van der Waals surface area contributed by atoms with Crippen molar-refractivity contribution in [2.45, 2.75) is 24.5 Å². The van der Waals surface area contributed by atoms with Gasteiger partial charge in [-0.15, -0.1) is 0 Å². The summed E-state index contributed by atoms with van der Waals surface area (Å²) in [5, 5.41) is 0. The topological polar surface area (TPSA) is 40.1 Å². The highest BCUT2D eigenvalue weighted by molar-refractivity contribution is 7.81. The molecular formula is C4H7O2S-. The quantitative estimate of drug-likeness (QED) is 0.469. The van der Waals surface area contributed by atoms with Gasteiger partial charge in [-0.2, -0.15) is 0 Å². The molecule has 0 radical (unpaired) electrons. The Labute approximate surface area is 45.2 Å². The lowest BCUT2D eigenvalue weighted by Crippen LogP contribution is -2.09. The van der Waals surface area contributed by atoms with E-state index in [2.05, 4.69) is 0 Å². The summed E-state index contributed by atoms with van der Waals surface area (Å²) in [7, 11) is 0. The first-order valence-corrected chi connectivity index (χ1v) is 3.32. The van der Waals surface area contributed by atoms with Crippen LogP contribution in [-0.4, -0.2) is 13.5 Å². The average molecular weight is 119 g/mol. The largest absolute Gasteiger partial charge is 0.772 e. The first-order chi connectivity index (χ1) is 3.15. The van der Waals surface area contributed by atoms with Crippen molar-refractivity contribution < 1.29 is 8.76 Å². The minimum Gasteiger partial charge on any atom is -0.772 e. The van der Waals surface area contributed by atoms with Gasteiger partial charge in [0, 0.05) is 4.75 Å². The molecule has 0 aromatic rings. The predicted octanol–water partition coefficient (Wildman–Crippen LogP) is 0.418. The monoisotopic (exact) mass is 119 g/mol. The van der Waals surface area contributed by atoms with E-state index >= 15 is 0 Å². The van der Waals surface area contributed by atoms with Crippen LogP contribution in [0.4, 0.5) is 0 Å². The molecule has 3 heteroatoms. The van der Waals surface area contributed by atoms with Gasteiger partial charge in [-0.05, 0) is 30.8 Å². The Bertz CT molecular complexity index is 106. The molecule has 0 bridgehead atoms. The van der Waals surface area contributed by atoms with Gasteiger partial charge < -0.3 is 4.55 Å². The van der Waals surface area contributed by atoms with Crippen molar-refractivity contribution in [3.63, 3.8) is 0 Å². The van der Waals surface area contributed by atoms with E-state index in [0.29, 0.717) is 0 Å². The maximum atomic E-state index is 10.1. The summed E-state index contributed by atoms with van der Waals surface area (Å²) in [5.41, 5.74) is 0. The van der Waals surface area contributed by atoms with Crippen LogP contribution in [0, 0.1) is 0 Å². The third-order valence-corrected chi connectivity index (χ3v) is 2.57. The van der Waals surface area contributed by atoms with Gasteiger partial charge in [-0.3, -0.25) is 4.21 Å². The van der Waals surface area contributed by atoms with E-state index in [1.165, 1.54) is 0 Å². The van der Waals surface area contributed by atoms with Gasteiger partial charge in [0.2, 0.25) is 0 Å². The van der Waals surface area contributed by atoms with Crippen LogP contribution in [0.25, 0.3) is 0 Å². The third-order valence-electron chi connectivity index (χ3n) is 1.36. The molecule has 0 aliphatic heterocycles. The maximum absolute atomic E-state index is 10.1. The maximum Gasteiger partial charge on any atom is 0.0300 e.